The molecule has 0 spiro atoms. The number of hydrogen-bond acceptors (Lipinski definition) is 4. The van der Waals surface area contributed by atoms with Gasteiger partial charge < -0.3 is 19.4 Å². The van der Waals surface area contributed by atoms with Crippen molar-refractivity contribution in [3.05, 3.63) is 17.7 Å². The molecule has 0 atom stereocenters. The summed E-state index contributed by atoms with van der Waals surface area (Å²) in [4.78, 5) is 10.2. The molecule has 1 aromatic rings. The van der Waals surface area contributed by atoms with Gasteiger partial charge in [0, 0.05) is 12.0 Å². The standard InChI is InChI=1S/C10H10O4/c11-5-1-2-7-8(12)3-4-9-10(7)14-6-13-9/h3-5,12H,1-2,6H2. The minimum absolute atomic E-state index is 0.149. The highest BCUT2D eigenvalue weighted by molar-refractivity contribution is 5.57. The van der Waals surface area contributed by atoms with Gasteiger partial charge in [-0.15, -0.1) is 0 Å². The van der Waals surface area contributed by atoms with Gasteiger partial charge in [0.25, 0.3) is 0 Å². The molecule has 0 radical (unpaired) electrons. The highest BCUT2D eigenvalue weighted by atomic mass is 16.7. The molecule has 0 saturated heterocycles. The number of aromatic hydroxyl groups is 1. The van der Waals surface area contributed by atoms with E-state index in [-0.39, 0.29) is 12.5 Å². The molecule has 0 saturated carbocycles. The van der Waals surface area contributed by atoms with E-state index in [0.29, 0.717) is 29.9 Å². The molecule has 0 fully saturated rings. The van der Waals surface area contributed by atoms with Crippen LogP contribution in [0.15, 0.2) is 12.1 Å². The van der Waals surface area contributed by atoms with E-state index in [1.807, 2.05) is 0 Å². The maximum absolute atomic E-state index is 10.2. The van der Waals surface area contributed by atoms with Crippen LogP contribution >= 0.6 is 0 Å². The van der Waals surface area contributed by atoms with Gasteiger partial charge in [-0.2, -0.15) is 0 Å². The Morgan fingerprint density at radius 1 is 1.43 bits per heavy atom. The number of phenolic OH excluding ortho intramolecular Hbond substituents is 1. The number of ether oxygens (including phenoxy) is 2. The van der Waals surface area contributed by atoms with Gasteiger partial charge in [-0.05, 0) is 18.6 Å². The first-order chi connectivity index (χ1) is 6.83. The first-order valence-corrected chi connectivity index (χ1v) is 4.37. The summed E-state index contributed by atoms with van der Waals surface area (Å²) in [5, 5.41) is 9.55. The van der Waals surface area contributed by atoms with Crippen molar-refractivity contribution in [2.24, 2.45) is 0 Å². The van der Waals surface area contributed by atoms with E-state index in [1.54, 1.807) is 12.1 Å². The highest BCUT2D eigenvalue weighted by Gasteiger charge is 2.20. The number of aldehydes is 1. The zero-order valence-corrected chi connectivity index (χ0v) is 7.53. The second-order valence-electron chi connectivity index (χ2n) is 3.00. The van der Waals surface area contributed by atoms with E-state index < -0.39 is 0 Å². The summed E-state index contributed by atoms with van der Waals surface area (Å²) < 4.78 is 10.4. The number of benzene rings is 1. The molecular weight excluding hydrogens is 184 g/mol. The molecule has 1 aliphatic heterocycles. The first-order valence-electron chi connectivity index (χ1n) is 4.37. The maximum atomic E-state index is 10.2. The molecule has 1 heterocycles. The van der Waals surface area contributed by atoms with Crippen molar-refractivity contribution in [1.82, 2.24) is 0 Å². The van der Waals surface area contributed by atoms with Crippen LogP contribution in [0.3, 0.4) is 0 Å². The molecule has 0 aromatic heterocycles. The maximum Gasteiger partial charge on any atom is 0.231 e. The number of fused-ring (bicyclic) bond motifs is 1. The zero-order valence-electron chi connectivity index (χ0n) is 7.53. The minimum atomic E-state index is 0.149. The van der Waals surface area contributed by atoms with Gasteiger partial charge in [-0.25, -0.2) is 0 Å². The summed E-state index contributed by atoms with van der Waals surface area (Å²) in [6, 6.07) is 3.20. The average molecular weight is 194 g/mol. The molecule has 0 bridgehead atoms. The van der Waals surface area contributed by atoms with Gasteiger partial charge in [0.1, 0.15) is 12.0 Å². The number of carbonyl (C=O) groups is 1. The van der Waals surface area contributed by atoms with E-state index in [9.17, 15) is 9.90 Å². The third-order valence-corrected chi connectivity index (χ3v) is 2.13. The molecule has 14 heavy (non-hydrogen) atoms. The SMILES string of the molecule is O=CCCc1c(O)ccc2c1OCO2. The van der Waals surface area contributed by atoms with Crippen LogP contribution in [0.25, 0.3) is 0 Å². The Morgan fingerprint density at radius 2 is 2.29 bits per heavy atom. The van der Waals surface area contributed by atoms with Crippen LogP contribution in [-0.2, 0) is 11.2 Å². The van der Waals surface area contributed by atoms with Gasteiger partial charge in [0.15, 0.2) is 11.5 Å². The lowest BCUT2D eigenvalue weighted by molar-refractivity contribution is -0.107. The van der Waals surface area contributed by atoms with Gasteiger partial charge in [0.2, 0.25) is 6.79 Å². The highest BCUT2D eigenvalue weighted by Crippen LogP contribution is 2.40. The molecular formula is C10H10O4. The molecule has 0 unspecified atom stereocenters. The third-order valence-electron chi connectivity index (χ3n) is 2.13. The number of hydrogen-bond donors (Lipinski definition) is 1. The molecule has 0 amide bonds. The van der Waals surface area contributed by atoms with Crippen molar-refractivity contribution in [2.75, 3.05) is 6.79 Å². The minimum Gasteiger partial charge on any atom is -0.508 e. The Morgan fingerprint density at radius 3 is 3.07 bits per heavy atom. The Kier molecular flexibility index (Phi) is 2.26. The summed E-state index contributed by atoms with van der Waals surface area (Å²) in [7, 11) is 0. The molecule has 1 aliphatic rings. The van der Waals surface area contributed by atoms with Crippen molar-refractivity contribution in [2.45, 2.75) is 12.8 Å². The van der Waals surface area contributed by atoms with Crippen LogP contribution in [0.4, 0.5) is 0 Å². The molecule has 1 N–H and O–H groups in total. The molecule has 74 valence electrons. The molecule has 4 heteroatoms. The topological polar surface area (TPSA) is 55.8 Å². The zero-order chi connectivity index (χ0) is 9.97. The second kappa shape index (κ2) is 3.57. The smallest absolute Gasteiger partial charge is 0.231 e. The van der Waals surface area contributed by atoms with Crippen molar-refractivity contribution < 1.29 is 19.4 Å². The average Bonchev–Trinajstić information content (AvgIpc) is 2.64. The lowest BCUT2D eigenvalue weighted by Gasteiger charge is -2.05. The molecule has 0 aliphatic carbocycles. The summed E-state index contributed by atoms with van der Waals surface area (Å²) in [5.74, 6) is 1.34. The molecule has 2 rings (SSSR count). The van der Waals surface area contributed by atoms with E-state index in [1.165, 1.54) is 0 Å². The fourth-order valence-electron chi connectivity index (χ4n) is 1.46. The second-order valence-corrected chi connectivity index (χ2v) is 3.00. The number of rotatable bonds is 3. The van der Waals surface area contributed by atoms with Crippen molar-refractivity contribution in [3.63, 3.8) is 0 Å². The summed E-state index contributed by atoms with van der Waals surface area (Å²) in [6.07, 6.45) is 1.66. The van der Waals surface area contributed by atoms with Crippen LogP contribution in [0.1, 0.15) is 12.0 Å². The van der Waals surface area contributed by atoms with Gasteiger partial charge in [0.05, 0.1) is 0 Å². The lowest BCUT2D eigenvalue weighted by Crippen LogP contribution is -1.95. The normalized spacial score (nSPS) is 12.9. The number of carbonyl (C=O) groups excluding carboxylic acids is 1. The Hall–Kier alpha value is -1.71. The first kappa shape index (κ1) is 8.87. The fraction of sp³-hybridized carbons (Fsp3) is 0.300. The van der Waals surface area contributed by atoms with Crippen molar-refractivity contribution >= 4 is 6.29 Å². The predicted octanol–water partition coefficient (Wildman–Crippen LogP) is 1.25. The Bertz CT molecular complexity index is 359. The van der Waals surface area contributed by atoms with E-state index >= 15 is 0 Å². The monoisotopic (exact) mass is 194 g/mol. The third kappa shape index (κ3) is 1.39. The van der Waals surface area contributed by atoms with Gasteiger partial charge in [-0.3, -0.25) is 0 Å². The summed E-state index contributed by atoms with van der Waals surface area (Å²) in [5.41, 5.74) is 0.645. The van der Waals surface area contributed by atoms with Gasteiger partial charge in [-0.1, -0.05) is 0 Å². The van der Waals surface area contributed by atoms with Crippen LogP contribution in [0.2, 0.25) is 0 Å². The predicted molar refractivity (Wildman–Crippen MR) is 48.6 cm³/mol. The van der Waals surface area contributed by atoms with Gasteiger partial charge >= 0.3 is 0 Å². The quantitative estimate of drug-likeness (QED) is 0.736. The van der Waals surface area contributed by atoms with E-state index in [2.05, 4.69) is 0 Å². The summed E-state index contributed by atoms with van der Waals surface area (Å²) >= 11 is 0. The largest absolute Gasteiger partial charge is 0.508 e. The number of phenols is 1. The summed E-state index contributed by atoms with van der Waals surface area (Å²) in [6.45, 7) is 0.173. The Labute approximate surface area is 81.1 Å². The van der Waals surface area contributed by atoms with Crippen molar-refractivity contribution in [1.29, 1.82) is 0 Å². The molecule has 4 nitrogen and oxygen atoms in total. The Balaban J connectivity index is 2.36. The van der Waals surface area contributed by atoms with Crippen LogP contribution in [-0.4, -0.2) is 18.2 Å². The van der Waals surface area contributed by atoms with Crippen LogP contribution < -0.4 is 9.47 Å². The van der Waals surface area contributed by atoms with Crippen molar-refractivity contribution in [3.8, 4) is 17.2 Å². The fourth-order valence-corrected chi connectivity index (χ4v) is 1.46. The molecule has 1 aromatic carbocycles. The van der Waals surface area contributed by atoms with E-state index in [4.69, 9.17) is 9.47 Å². The van der Waals surface area contributed by atoms with E-state index in [0.717, 1.165) is 6.29 Å². The lowest BCUT2D eigenvalue weighted by atomic mass is 10.1. The van der Waals surface area contributed by atoms with Crippen LogP contribution in [0, 0.1) is 0 Å². The van der Waals surface area contributed by atoms with Crippen LogP contribution in [0.5, 0.6) is 17.2 Å².